The summed E-state index contributed by atoms with van der Waals surface area (Å²) in [6.07, 6.45) is 4.16. The largest absolute Gasteiger partial charge is 0.444 e. The van der Waals surface area contributed by atoms with Crippen LogP contribution in [0.4, 0.5) is 4.39 Å². The Labute approximate surface area is 121 Å². The molecule has 1 aliphatic rings. The van der Waals surface area contributed by atoms with Crippen LogP contribution in [0.15, 0.2) is 47.1 Å². The van der Waals surface area contributed by atoms with Crippen LogP contribution in [0.1, 0.15) is 18.5 Å². The lowest BCUT2D eigenvalue weighted by Gasteiger charge is -2.04. The third kappa shape index (κ3) is 2.43. The molecule has 0 spiro atoms. The van der Waals surface area contributed by atoms with Gasteiger partial charge in [-0.3, -0.25) is 0 Å². The van der Waals surface area contributed by atoms with Gasteiger partial charge < -0.3 is 9.73 Å². The second-order valence-electron chi connectivity index (χ2n) is 5.44. The van der Waals surface area contributed by atoms with Gasteiger partial charge in [0.1, 0.15) is 12.1 Å². The number of fused-ring (bicyclic) bond motifs is 1. The van der Waals surface area contributed by atoms with Gasteiger partial charge in [0.05, 0.1) is 5.69 Å². The molecule has 4 rings (SSSR count). The number of nitrogens with zero attached hydrogens (tertiary/aromatic N) is 1. The molecule has 0 aliphatic heterocycles. The van der Waals surface area contributed by atoms with Gasteiger partial charge in [0, 0.05) is 23.5 Å². The number of hydrogen-bond donors (Lipinski definition) is 1. The topological polar surface area (TPSA) is 38.1 Å². The molecule has 4 heteroatoms. The molecule has 1 N–H and O–H groups in total. The highest BCUT2D eigenvalue weighted by molar-refractivity contribution is 5.95. The smallest absolute Gasteiger partial charge is 0.226 e. The summed E-state index contributed by atoms with van der Waals surface area (Å²) in [5.41, 5.74) is 1.70. The maximum absolute atomic E-state index is 13.8. The minimum absolute atomic E-state index is 0.225. The first-order chi connectivity index (χ1) is 10.3. The molecule has 3 aromatic rings. The lowest BCUT2D eigenvalue weighted by molar-refractivity contribution is 0.570. The first-order valence-corrected chi connectivity index (χ1v) is 7.17. The quantitative estimate of drug-likeness (QED) is 0.789. The molecule has 1 heterocycles. The van der Waals surface area contributed by atoms with Gasteiger partial charge >= 0.3 is 0 Å². The maximum Gasteiger partial charge on any atom is 0.226 e. The summed E-state index contributed by atoms with van der Waals surface area (Å²) in [7, 11) is 0. The van der Waals surface area contributed by atoms with E-state index in [0.29, 0.717) is 23.9 Å². The van der Waals surface area contributed by atoms with E-state index < -0.39 is 0 Å². The van der Waals surface area contributed by atoms with Gasteiger partial charge in [-0.2, -0.15) is 0 Å². The van der Waals surface area contributed by atoms with Crippen LogP contribution in [-0.4, -0.2) is 11.0 Å². The third-order valence-corrected chi connectivity index (χ3v) is 3.80. The molecule has 1 aromatic heterocycles. The average Bonchev–Trinajstić information content (AvgIpc) is 3.23. The number of nitrogens with one attached hydrogen (secondary N) is 1. The highest BCUT2D eigenvalue weighted by Crippen LogP contribution is 2.30. The van der Waals surface area contributed by atoms with Gasteiger partial charge in [-0.05, 0) is 30.4 Å². The zero-order valence-corrected chi connectivity index (χ0v) is 11.5. The Morgan fingerprint density at radius 2 is 1.95 bits per heavy atom. The molecule has 0 radical (unpaired) electrons. The Balaban J connectivity index is 1.70. The Morgan fingerprint density at radius 3 is 2.76 bits per heavy atom. The SMILES string of the molecule is Fc1ccc(-c2nc(CNC3CC3)co2)c2ccccc12. The molecule has 106 valence electrons. The lowest BCUT2D eigenvalue weighted by atomic mass is 10.0. The van der Waals surface area contributed by atoms with Crippen molar-refractivity contribution in [1.29, 1.82) is 0 Å². The number of aromatic nitrogens is 1. The lowest BCUT2D eigenvalue weighted by Crippen LogP contribution is -2.15. The van der Waals surface area contributed by atoms with Crippen LogP contribution >= 0.6 is 0 Å². The van der Waals surface area contributed by atoms with E-state index in [-0.39, 0.29) is 5.82 Å². The molecule has 21 heavy (non-hydrogen) atoms. The molecule has 0 saturated heterocycles. The molecule has 0 unspecified atom stereocenters. The Kier molecular flexibility index (Phi) is 2.97. The van der Waals surface area contributed by atoms with Crippen molar-refractivity contribution in [3.63, 3.8) is 0 Å². The monoisotopic (exact) mass is 282 g/mol. The predicted octanol–water partition coefficient (Wildman–Crippen LogP) is 3.89. The summed E-state index contributed by atoms with van der Waals surface area (Å²) in [6.45, 7) is 0.716. The van der Waals surface area contributed by atoms with Crippen LogP contribution in [0.3, 0.4) is 0 Å². The van der Waals surface area contributed by atoms with Crippen molar-refractivity contribution in [2.45, 2.75) is 25.4 Å². The number of hydrogen-bond acceptors (Lipinski definition) is 3. The van der Waals surface area contributed by atoms with Gasteiger partial charge in [-0.25, -0.2) is 9.37 Å². The summed E-state index contributed by atoms with van der Waals surface area (Å²) in [6, 6.07) is 11.2. The molecule has 2 aromatic carbocycles. The first-order valence-electron chi connectivity index (χ1n) is 7.17. The molecular formula is C17H15FN2O. The van der Waals surface area contributed by atoms with Crippen molar-refractivity contribution >= 4 is 10.8 Å². The number of benzene rings is 2. The zero-order chi connectivity index (χ0) is 14.2. The van der Waals surface area contributed by atoms with E-state index in [1.807, 2.05) is 18.2 Å². The fourth-order valence-electron chi connectivity index (χ4n) is 2.50. The van der Waals surface area contributed by atoms with E-state index in [9.17, 15) is 4.39 Å². The van der Waals surface area contributed by atoms with Crippen molar-refractivity contribution in [3.05, 3.63) is 54.2 Å². The summed E-state index contributed by atoms with van der Waals surface area (Å²) in [5.74, 6) is 0.315. The van der Waals surface area contributed by atoms with E-state index in [0.717, 1.165) is 16.6 Å². The van der Waals surface area contributed by atoms with Gasteiger partial charge in [0.25, 0.3) is 0 Å². The first kappa shape index (κ1) is 12.5. The van der Waals surface area contributed by atoms with Crippen LogP contribution in [0.2, 0.25) is 0 Å². The van der Waals surface area contributed by atoms with E-state index in [4.69, 9.17) is 4.42 Å². The standard InChI is InChI=1S/C17H15FN2O/c18-16-8-7-15(13-3-1-2-4-14(13)16)17-20-12(10-21-17)9-19-11-5-6-11/h1-4,7-8,10-11,19H,5-6,9H2. The number of rotatable bonds is 4. The second-order valence-corrected chi connectivity index (χ2v) is 5.44. The van der Waals surface area contributed by atoms with Crippen molar-refractivity contribution in [3.8, 4) is 11.5 Å². The number of oxazole rings is 1. The predicted molar refractivity (Wildman–Crippen MR) is 79.3 cm³/mol. The van der Waals surface area contributed by atoms with Crippen LogP contribution < -0.4 is 5.32 Å². The Morgan fingerprint density at radius 1 is 1.14 bits per heavy atom. The fourth-order valence-corrected chi connectivity index (χ4v) is 2.50. The van der Waals surface area contributed by atoms with Crippen LogP contribution in [0.25, 0.3) is 22.2 Å². The Bertz CT molecular complexity index is 792. The molecule has 0 amide bonds. The van der Waals surface area contributed by atoms with Gasteiger partial charge in [-0.15, -0.1) is 0 Å². The molecule has 3 nitrogen and oxygen atoms in total. The molecule has 0 bridgehead atoms. The van der Waals surface area contributed by atoms with E-state index in [1.165, 1.54) is 18.9 Å². The Hall–Kier alpha value is -2.20. The number of halogens is 1. The van der Waals surface area contributed by atoms with Crippen molar-refractivity contribution in [2.24, 2.45) is 0 Å². The summed E-state index contributed by atoms with van der Waals surface area (Å²) in [4.78, 5) is 4.51. The minimum Gasteiger partial charge on any atom is -0.444 e. The van der Waals surface area contributed by atoms with E-state index in [2.05, 4.69) is 10.3 Å². The molecule has 0 atom stereocenters. The zero-order valence-electron chi connectivity index (χ0n) is 11.5. The molecular weight excluding hydrogens is 267 g/mol. The third-order valence-electron chi connectivity index (χ3n) is 3.80. The van der Waals surface area contributed by atoms with Crippen LogP contribution in [-0.2, 0) is 6.54 Å². The van der Waals surface area contributed by atoms with Gasteiger partial charge in [-0.1, -0.05) is 24.3 Å². The highest BCUT2D eigenvalue weighted by atomic mass is 19.1. The second kappa shape index (κ2) is 4.97. The van der Waals surface area contributed by atoms with Crippen LogP contribution in [0.5, 0.6) is 0 Å². The average molecular weight is 282 g/mol. The fraction of sp³-hybridized carbons (Fsp3) is 0.235. The highest BCUT2D eigenvalue weighted by Gasteiger charge is 2.21. The van der Waals surface area contributed by atoms with Crippen molar-refractivity contribution < 1.29 is 8.81 Å². The van der Waals surface area contributed by atoms with Crippen molar-refractivity contribution in [2.75, 3.05) is 0 Å². The molecule has 1 aliphatic carbocycles. The normalized spacial score (nSPS) is 14.7. The minimum atomic E-state index is -0.225. The van der Waals surface area contributed by atoms with Crippen LogP contribution in [0, 0.1) is 5.82 Å². The summed E-state index contributed by atoms with van der Waals surface area (Å²) >= 11 is 0. The summed E-state index contributed by atoms with van der Waals surface area (Å²) < 4.78 is 19.4. The van der Waals surface area contributed by atoms with Gasteiger partial charge in [0.15, 0.2) is 0 Å². The van der Waals surface area contributed by atoms with E-state index >= 15 is 0 Å². The molecule has 1 saturated carbocycles. The van der Waals surface area contributed by atoms with E-state index in [1.54, 1.807) is 18.4 Å². The molecule has 1 fully saturated rings. The van der Waals surface area contributed by atoms with Crippen molar-refractivity contribution in [1.82, 2.24) is 10.3 Å². The van der Waals surface area contributed by atoms with Gasteiger partial charge in [0.2, 0.25) is 5.89 Å². The summed E-state index contributed by atoms with van der Waals surface area (Å²) in [5, 5.41) is 4.81. The maximum atomic E-state index is 13.8.